The molecule has 2 saturated heterocycles. The highest BCUT2D eigenvalue weighted by molar-refractivity contribution is 6.30. The first-order chi connectivity index (χ1) is 11.2. The standard InChI is InChI=1S/C17H23ClN2O3/c18-14-4-1-3-13(11-14)15(20-6-9-22-10-7-20)12-19-17(21)16-5-2-8-23-16/h1,3-4,11,15-16H,2,5-10,12H2,(H,19,21)/t15-,16+/m0/s1. The lowest BCUT2D eigenvalue weighted by Crippen LogP contribution is -2.45. The van der Waals surface area contributed by atoms with Crippen molar-refractivity contribution in [3.8, 4) is 0 Å². The Kier molecular flexibility index (Phi) is 5.89. The van der Waals surface area contributed by atoms with Gasteiger partial charge in [0.25, 0.3) is 0 Å². The van der Waals surface area contributed by atoms with E-state index in [4.69, 9.17) is 21.1 Å². The van der Waals surface area contributed by atoms with Gasteiger partial charge in [-0.05, 0) is 30.5 Å². The Hall–Kier alpha value is -1.14. The number of halogens is 1. The maximum atomic E-state index is 12.2. The number of hydrogen-bond acceptors (Lipinski definition) is 4. The van der Waals surface area contributed by atoms with Gasteiger partial charge in [0.05, 0.1) is 19.3 Å². The van der Waals surface area contributed by atoms with Crippen molar-refractivity contribution in [2.45, 2.75) is 25.0 Å². The first-order valence-corrected chi connectivity index (χ1v) is 8.58. The molecule has 0 aliphatic carbocycles. The predicted octanol–water partition coefficient (Wildman–Crippen LogP) is 2.01. The lowest BCUT2D eigenvalue weighted by molar-refractivity contribution is -0.130. The quantitative estimate of drug-likeness (QED) is 0.892. The maximum absolute atomic E-state index is 12.2. The smallest absolute Gasteiger partial charge is 0.249 e. The van der Waals surface area contributed by atoms with Gasteiger partial charge in [-0.1, -0.05) is 23.7 Å². The number of ether oxygens (including phenoxy) is 2. The Bertz CT molecular complexity index is 528. The molecule has 126 valence electrons. The fraction of sp³-hybridized carbons (Fsp3) is 0.588. The van der Waals surface area contributed by atoms with Crippen molar-refractivity contribution >= 4 is 17.5 Å². The molecule has 0 radical (unpaired) electrons. The zero-order chi connectivity index (χ0) is 16.1. The van der Waals surface area contributed by atoms with Gasteiger partial charge in [0.1, 0.15) is 6.10 Å². The minimum Gasteiger partial charge on any atom is -0.379 e. The maximum Gasteiger partial charge on any atom is 0.249 e. The van der Waals surface area contributed by atoms with E-state index in [1.165, 1.54) is 0 Å². The van der Waals surface area contributed by atoms with E-state index >= 15 is 0 Å². The van der Waals surface area contributed by atoms with Gasteiger partial charge in [0, 0.05) is 31.3 Å². The SMILES string of the molecule is O=C(NC[C@@H](c1cccc(Cl)c1)N1CCOCC1)[C@H]1CCCO1. The molecule has 2 heterocycles. The monoisotopic (exact) mass is 338 g/mol. The Morgan fingerprint density at radius 2 is 2.17 bits per heavy atom. The lowest BCUT2D eigenvalue weighted by atomic mass is 10.0. The molecule has 23 heavy (non-hydrogen) atoms. The molecule has 1 aromatic rings. The van der Waals surface area contributed by atoms with Gasteiger partial charge in [-0.15, -0.1) is 0 Å². The van der Waals surface area contributed by atoms with Crippen molar-refractivity contribution in [2.24, 2.45) is 0 Å². The molecule has 0 bridgehead atoms. The Morgan fingerprint density at radius 1 is 1.35 bits per heavy atom. The third-order valence-corrected chi connectivity index (χ3v) is 4.65. The third-order valence-electron chi connectivity index (χ3n) is 4.41. The molecule has 2 fully saturated rings. The van der Waals surface area contributed by atoms with Crippen LogP contribution in [0.2, 0.25) is 5.02 Å². The van der Waals surface area contributed by atoms with Gasteiger partial charge in [0.2, 0.25) is 5.91 Å². The van der Waals surface area contributed by atoms with Crippen molar-refractivity contribution in [1.29, 1.82) is 0 Å². The Labute approximate surface area is 141 Å². The average Bonchev–Trinajstić information content (AvgIpc) is 3.10. The zero-order valence-electron chi connectivity index (χ0n) is 13.2. The molecule has 1 aromatic carbocycles. The second-order valence-electron chi connectivity index (χ2n) is 5.97. The van der Waals surface area contributed by atoms with E-state index in [9.17, 15) is 4.79 Å². The van der Waals surface area contributed by atoms with Crippen LogP contribution in [0.25, 0.3) is 0 Å². The van der Waals surface area contributed by atoms with Gasteiger partial charge < -0.3 is 14.8 Å². The van der Waals surface area contributed by atoms with Crippen molar-refractivity contribution in [3.63, 3.8) is 0 Å². The highest BCUT2D eigenvalue weighted by atomic mass is 35.5. The lowest BCUT2D eigenvalue weighted by Gasteiger charge is -2.35. The summed E-state index contributed by atoms with van der Waals surface area (Å²) >= 11 is 6.14. The molecular formula is C17H23ClN2O3. The summed E-state index contributed by atoms with van der Waals surface area (Å²) in [6.07, 6.45) is 1.48. The van der Waals surface area contributed by atoms with Gasteiger partial charge in [-0.2, -0.15) is 0 Å². The van der Waals surface area contributed by atoms with Gasteiger partial charge in [0.15, 0.2) is 0 Å². The number of benzene rings is 1. The summed E-state index contributed by atoms with van der Waals surface area (Å²) in [6.45, 7) is 4.38. The topological polar surface area (TPSA) is 50.8 Å². The number of nitrogens with zero attached hydrogens (tertiary/aromatic N) is 1. The molecule has 1 N–H and O–H groups in total. The number of carbonyl (C=O) groups is 1. The molecule has 2 aliphatic heterocycles. The molecule has 0 aromatic heterocycles. The van der Waals surface area contributed by atoms with Crippen LogP contribution in [0.5, 0.6) is 0 Å². The highest BCUT2D eigenvalue weighted by Gasteiger charge is 2.27. The summed E-state index contributed by atoms with van der Waals surface area (Å²) < 4.78 is 10.9. The van der Waals surface area contributed by atoms with Crippen molar-refractivity contribution < 1.29 is 14.3 Å². The molecule has 1 amide bonds. The van der Waals surface area contributed by atoms with E-state index in [-0.39, 0.29) is 18.1 Å². The number of hydrogen-bond donors (Lipinski definition) is 1. The molecule has 0 saturated carbocycles. The average molecular weight is 339 g/mol. The van der Waals surface area contributed by atoms with Crippen LogP contribution in [-0.2, 0) is 14.3 Å². The minimum atomic E-state index is -0.292. The number of nitrogens with one attached hydrogen (secondary N) is 1. The van der Waals surface area contributed by atoms with Crippen molar-refractivity contribution in [3.05, 3.63) is 34.9 Å². The van der Waals surface area contributed by atoms with E-state index in [0.717, 1.165) is 44.7 Å². The van der Waals surface area contributed by atoms with Gasteiger partial charge in [-0.25, -0.2) is 0 Å². The van der Waals surface area contributed by atoms with Gasteiger partial charge >= 0.3 is 0 Å². The summed E-state index contributed by atoms with van der Waals surface area (Å²) in [6, 6.07) is 7.95. The van der Waals surface area contributed by atoms with E-state index in [1.807, 2.05) is 18.2 Å². The summed E-state index contributed by atoms with van der Waals surface area (Å²) in [5, 5.41) is 3.76. The van der Waals surface area contributed by atoms with E-state index in [2.05, 4.69) is 16.3 Å². The summed E-state index contributed by atoms with van der Waals surface area (Å²) in [5.41, 5.74) is 1.12. The molecule has 0 spiro atoms. The number of amides is 1. The van der Waals surface area contributed by atoms with E-state index in [1.54, 1.807) is 0 Å². The Morgan fingerprint density at radius 3 is 2.87 bits per heavy atom. The first kappa shape index (κ1) is 16.7. The van der Waals surface area contributed by atoms with Crippen LogP contribution in [0.1, 0.15) is 24.4 Å². The highest BCUT2D eigenvalue weighted by Crippen LogP contribution is 2.24. The number of carbonyl (C=O) groups excluding carboxylic acids is 1. The molecule has 6 heteroatoms. The zero-order valence-corrected chi connectivity index (χ0v) is 13.9. The Balaban J connectivity index is 1.68. The molecular weight excluding hydrogens is 316 g/mol. The summed E-state index contributed by atoms with van der Waals surface area (Å²) in [5.74, 6) is -0.0113. The number of morpholine rings is 1. The molecule has 2 aliphatic rings. The van der Waals surface area contributed by atoms with Crippen LogP contribution in [0, 0.1) is 0 Å². The fourth-order valence-corrected chi connectivity index (χ4v) is 3.36. The van der Waals surface area contributed by atoms with Crippen molar-refractivity contribution in [1.82, 2.24) is 10.2 Å². The summed E-state index contributed by atoms with van der Waals surface area (Å²) in [7, 11) is 0. The van der Waals surface area contributed by atoms with Crippen LogP contribution >= 0.6 is 11.6 Å². The predicted molar refractivity (Wildman–Crippen MR) is 88.6 cm³/mol. The van der Waals surface area contributed by atoms with E-state index in [0.29, 0.717) is 18.2 Å². The van der Waals surface area contributed by atoms with Crippen LogP contribution in [-0.4, -0.2) is 56.4 Å². The van der Waals surface area contributed by atoms with Crippen LogP contribution in [0.3, 0.4) is 0 Å². The minimum absolute atomic E-state index is 0.0113. The second kappa shape index (κ2) is 8.11. The molecule has 0 unspecified atom stereocenters. The molecule has 3 rings (SSSR count). The summed E-state index contributed by atoms with van der Waals surface area (Å²) in [4.78, 5) is 14.6. The fourth-order valence-electron chi connectivity index (χ4n) is 3.16. The van der Waals surface area contributed by atoms with Crippen molar-refractivity contribution in [2.75, 3.05) is 39.5 Å². The normalized spacial score (nSPS) is 23.6. The molecule has 2 atom stereocenters. The second-order valence-corrected chi connectivity index (χ2v) is 6.40. The molecule has 5 nitrogen and oxygen atoms in total. The first-order valence-electron chi connectivity index (χ1n) is 8.20. The largest absolute Gasteiger partial charge is 0.379 e. The van der Waals surface area contributed by atoms with Gasteiger partial charge in [-0.3, -0.25) is 9.69 Å². The third kappa shape index (κ3) is 4.44. The number of rotatable bonds is 5. The van der Waals surface area contributed by atoms with Crippen LogP contribution < -0.4 is 5.32 Å². The van der Waals surface area contributed by atoms with E-state index < -0.39 is 0 Å². The van der Waals surface area contributed by atoms with Crippen LogP contribution in [0.4, 0.5) is 0 Å². The van der Waals surface area contributed by atoms with Crippen LogP contribution in [0.15, 0.2) is 24.3 Å².